The van der Waals surface area contributed by atoms with Gasteiger partial charge < -0.3 is 5.32 Å². The summed E-state index contributed by atoms with van der Waals surface area (Å²) in [7, 11) is 2.24. The van der Waals surface area contributed by atoms with Crippen molar-refractivity contribution in [3.8, 4) is 0 Å². The van der Waals surface area contributed by atoms with Crippen molar-refractivity contribution in [1.29, 1.82) is 0 Å². The van der Waals surface area contributed by atoms with Crippen LogP contribution in [0, 0.1) is 0 Å². The molecule has 2 heteroatoms. The second-order valence-corrected chi connectivity index (χ2v) is 4.66. The molecule has 1 aliphatic carbocycles. The van der Waals surface area contributed by atoms with Crippen LogP contribution in [-0.4, -0.2) is 37.1 Å². The van der Waals surface area contributed by atoms with Crippen molar-refractivity contribution in [2.75, 3.05) is 20.1 Å². The molecule has 1 saturated carbocycles. The number of hydrogen-bond acceptors (Lipinski definition) is 2. The standard InChI is InChI=1S/C12H24N2/c1-10(2)7-8-13-9-11(3)14(4)12-5-6-12/h11-13H,1,5-9H2,2-4H3. The summed E-state index contributed by atoms with van der Waals surface area (Å²) in [5, 5.41) is 3.48. The Bertz CT molecular complexity index is 185. The van der Waals surface area contributed by atoms with E-state index in [0.717, 1.165) is 25.6 Å². The second-order valence-electron chi connectivity index (χ2n) is 4.66. The van der Waals surface area contributed by atoms with Crippen LogP contribution in [-0.2, 0) is 0 Å². The maximum absolute atomic E-state index is 3.89. The zero-order chi connectivity index (χ0) is 10.6. The molecule has 82 valence electrons. The van der Waals surface area contributed by atoms with E-state index in [1.54, 1.807) is 0 Å². The van der Waals surface area contributed by atoms with Crippen LogP contribution in [0.15, 0.2) is 12.2 Å². The molecule has 0 aromatic rings. The highest BCUT2D eigenvalue weighted by Crippen LogP contribution is 2.26. The molecular formula is C12H24N2. The molecule has 0 bridgehead atoms. The van der Waals surface area contributed by atoms with Crippen LogP contribution in [0.5, 0.6) is 0 Å². The lowest BCUT2D eigenvalue weighted by Gasteiger charge is -2.24. The fourth-order valence-corrected chi connectivity index (χ4v) is 1.60. The van der Waals surface area contributed by atoms with Gasteiger partial charge in [0, 0.05) is 18.6 Å². The van der Waals surface area contributed by atoms with Gasteiger partial charge in [-0.15, -0.1) is 6.58 Å². The van der Waals surface area contributed by atoms with E-state index in [1.807, 2.05) is 0 Å². The first-order chi connectivity index (χ1) is 6.61. The summed E-state index contributed by atoms with van der Waals surface area (Å²) in [6.45, 7) is 10.4. The molecule has 0 radical (unpaired) electrons. The Balaban J connectivity index is 2.02. The summed E-state index contributed by atoms with van der Waals surface area (Å²) in [5.41, 5.74) is 1.26. The molecule has 0 aliphatic heterocycles. The van der Waals surface area contributed by atoms with Crippen molar-refractivity contribution in [2.45, 2.75) is 45.2 Å². The van der Waals surface area contributed by atoms with E-state index in [1.165, 1.54) is 18.4 Å². The molecule has 1 aliphatic rings. The van der Waals surface area contributed by atoms with E-state index >= 15 is 0 Å². The number of nitrogens with one attached hydrogen (secondary N) is 1. The van der Waals surface area contributed by atoms with E-state index in [9.17, 15) is 0 Å². The van der Waals surface area contributed by atoms with Crippen LogP contribution >= 0.6 is 0 Å². The molecule has 0 aromatic carbocycles. The first kappa shape index (κ1) is 11.7. The van der Waals surface area contributed by atoms with Gasteiger partial charge in [-0.2, -0.15) is 0 Å². The summed E-state index contributed by atoms with van der Waals surface area (Å²) in [4.78, 5) is 2.49. The van der Waals surface area contributed by atoms with E-state index in [-0.39, 0.29) is 0 Å². The Hall–Kier alpha value is -0.340. The number of rotatable bonds is 7. The van der Waals surface area contributed by atoms with Gasteiger partial charge in [0.1, 0.15) is 0 Å². The van der Waals surface area contributed by atoms with E-state index < -0.39 is 0 Å². The maximum Gasteiger partial charge on any atom is 0.0192 e. The highest BCUT2D eigenvalue weighted by Gasteiger charge is 2.28. The van der Waals surface area contributed by atoms with Gasteiger partial charge >= 0.3 is 0 Å². The fourth-order valence-electron chi connectivity index (χ4n) is 1.60. The van der Waals surface area contributed by atoms with Crippen molar-refractivity contribution >= 4 is 0 Å². The summed E-state index contributed by atoms with van der Waals surface area (Å²) in [6, 6.07) is 1.53. The Morgan fingerprint density at radius 2 is 2.21 bits per heavy atom. The van der Waals surface area contributed by atoms with Crippen molar-refractivity contribution in [1.82, 2.24) is 10.2 Å². The molecule has 1 rings (SSSR count). The largest absolute Gasteiger partial charge is 0.315 e. The fraction of sp³-hybridized carbons (Fsp3) is 0.833. The molecule has 1 N–H and O–H groups in total. The van der Waals surface area contributed by atoms with Gasteiger partial charge in [-0.25, -0.2) is 0 Å². The van der Waals surface area contributed by atoms with Gasteiger partial charge in [0.2, 0.25) is 0 Å². The number of likely N-dealkylation sites (N-methyl/N-ethyl adjacent to an activating group) is 1. The SMILES string of the molecule is C=C(C)CCNCC(C)N(C)C1CC1. The zero-order valence-corrected chi connectivity index (χ0v) is 9.84. The van der Waals surface area contributed by atoms with Gasteiger partial charge in [0.15, 0.2) is 0 Å². The van der Waals surface area contributed by atoms with Crippen LogP contribution in [0.1, 0.15) is 33.1 Å². The normalized spacial score (nSPS) is 18.6. The average molecular weight is 196 g/mol. The van der Waals surface area contributed by atoms with Crippen molar-refractivity contribution in [3.63, 3.8) is 0 Å². The lowest BCUT2D eigenvalue weighted by Crippen LogP contribution is -2.39. The van der Waals surface area contributed by atoms with Crippen LogP contribution in [0.3, 0.4) is 0 Å². The number of nitrogens with zero attached hydrogens (tertiary/aromatic N) is 1. The Morgan fingerprint density at radius 1 is 1.57 bits per heavy atom. The molecule has 1 atom stereocenters. The highest BCUT2D eigenvalue weighted by molar-refractivity contribution is 4.89. The Morgan fingerprint density at radius 3 is 2.71 bits per heavy atom. The summed E-state index contributed by atoms with van der Waals surface area (Å²) in [5.74, 6) is 0. The summed E-state index contributed by atoms with van der Waals surface area (Å²) >= 11 is 0. The Labute approximate surface area is 88.4 Å². The monoisotopic (exact) mass is 196 g/mol. The molecule has 0 heterocycles. The molecule has 0 amide bonds. The minimum atomic E-state index is 0.660. The minimum Gasteiger partial charge on any atom is -0.315 e. The van der Waals surface area contributed by atoms with Crippen molar-refractivity contribution in [3.05, 3.63) is 12.2 Å². The van der Waals surface area contributed by atoms with Crippen LogP contribution in [0.2, 0.25) is 0 Å². The molecule has 0 spiro atoms. The molecule has 14 heavy (non-hydrogen) atoms. The molecule has 0 aromatic heterocycles. The third-order valence-electron chi connectivity index (χ3n) is 2.99. The van der Waals surface area contributed by atoms with Crippen LogP contribution < -0.4 is 5.32 Å². The van der Waals surface area contributed by atoms with Crippen molar-refractivity contribution in [2.24, 2.45) is 0 Å². The van der Waals surface area contributed by atoms with Crippen LogP contribution in [0.25, 0.3) is 0 Å². The maximum atomic E-state index is 3.89. The smallest absolute Gasteiger partial charge is 0.0192 e. The average Bonchev–Trinajstić information content (AvgIpc) is 2.93. The predicted molar refractivity (Wildman–Crippen MR) is 62.5 cm³/mol. The first-order valence-corrected chi connectivity index (χ1v) is 5.68. The first-order valence-electron chi connectivity index (χ1n) is 5.68. The second kappa shape index (κ2) is 5.52. The van der Waals surface area contributed by atoms with E-state index in [4.69, 9.17) is 0 Å². The number of hydrogen-bond donors (Lipinski definition) is 1. The molecular weight excluding hydrogens is 172 g/mol. The van der Waals surface area contributed by atoms with Gasteiger partial charge in [-0.05, 0) is 46.7 Å². The third-order valence-corrected chi connectivity index (χ3v) is 2.99. The minimum absolute atomic E-state index is 0.660. The van der Waals surface area contributed by atoms with Gasteiger partial charge in [-0.1, -0.05) is 5.57 Å². The Kier molecular flexibility index (Phi) is 4.63. The lowest BCUT2D eigenvalue weighted by atomic mass is 10.2. The van der Waals surface area contributed by atoms with E-state index in [2.05, 4.69) is 37.7 Å². The van der Waals surface area contributed by atoms with Gasteiger partial charge in [0.05, 0.1) is 0 Å². The van der Waals surface area contributed by atoms with Crippen molar-refractivity contribution < 1.29 is 0 Å². The third kappa shape index (κ3) is 4.25. The zero-order valence-electron chi connectivity index (χ0n) is 9.84. The molecule has 1 unspecified atom stereocenters. The summed E-state index contributed by atoms with van der Waals surface area (Å²) < 4.78 is 0. The topological polar surface area (TPSA) is 15.3 Å². The quantitative estimate of drug-likeness (QED) is 0.495. The van der Waals surface area contributed by atoms with Gasteiger partial charge in [-0.3, -0.25) is 4.90 Å². The highest BCUT2D eigenvalue weighted by atomic mass is 15.2. The molecule has 1 fully saturated rings. The van der Waals surface area contributed by atoms with E-state index in [0.29, 0.717) is 6.04 Å². The lowest BCUT2D eigenvalue weighted by molar-refractivity contribution is 0.241. The van der Waals surface area contributed by atoms with Crippen LogP contribution in [0.4, 0.5) is 0 Å². The predicted octanol–water partition coefficient (Wildman–Crippen LogP) is 2.02. The molecule has 0 saturated heterocycles. The van der Waals surface area contributed by atoms with Gasteiger partial charge in [0.25, 0.3) is 0 Å². The molecule has 2 nitrogen and oxygen atoms in total. The summed E-state index contributed by atoms with van der Waals surface area (Å²) in [6.07, 6.45) is 3.89.